The molecule has 0 aliphatic carbocycles. The quantitative estimate of drug-likeness (QED) is 0.690. The molecule has 1 saturated heterocycles. The monoisotopic (exact) mass is 394 g/mol. The zero-order chi connectivity index (χ0) is 20.4. The lowest BCUT2D eigenvalue weighted by Crippen LogP contribution is -2.30. The Bertz CT molecular complexity index is 1020. The minimum Gasteiger partial charge on any atom is -0.458 e. The molecule has 29 heavy (non-hydrogen) atoms. The molecule has 0 radical (unpaired) electrons. The lowest BCUT2D eigenvalue weighted by Gasteiger charge is -2.21. The second-order valence-corrected chi connectivity index (χ2v) is 7.63. The molecule has 1 fully saturated rings. The van der Waals surface area contributed by atoms with Crippen LogP contribution in [0.4, 0.5) is 5.82 Å². The number of nitrogens with one attached hydrogen (secondary N) is 2. The lowest BCUT2D eigenvalue weighted by molar-refractivity contribution is -0.117. The van der Waals surface area contributed by atoms with Gasteiger partial charge in [-0.25, -0.2) is 14.6 Å². The van der Waals surface area contributed by atoms with Gasteiger partial charge in [0.2, 0.25) is 5.91 Å². The van der Waals surface area contributed by atoms with Crippen molar-refractivity contribution in [2.45, 2.75) is 40.0 Å². The number of furan rings is 1. The Hall–Kier alpha value is -3.00. The Morgan fingerprint density at radius 3 is 2.66 bits per heavy atom. The van der Waals surface area contributed by atoms with Gasteiger partial charge in [-0.2, -0.15) is 5.10 Å². The van der Waals surface area contributed by atoms with E-state index in [2.05, 4.69) is 25.7 Å². The van der Waals surface area contributed by atoms with Crippen molar-refractivity contribution in [3.63, 3.8) is 0 Å². The van der Waals surface area contributed by atoms with Gasteiger partial charge in [-0.05, 0) is 70.8 Å². The molecule has 0 aromatic carbocycles. The first kappa shape index (κ1) is 19.3. The van der Waals surface area contributed by atoms with Crippen molar-refractivity contribution in [3.8, 4) is 17.4 Å². The topological polar surface area (TPSA) is 97.9 Å². The molecule has 4 rings (SSSR count). The highest BCUT2D eigenvalue weighted by atomic mass is 16.3. The van der Waals surface area contributed by atoms with E-state index in [-0.39, 0.29) is 5.91 Å². The fourth-order valence-electron chi connectivity index (χ4n) is 3.67. The molecule has 0 atom stereocenters. The highest BCUT2D eigenvalue weighted by molar-refractivity contribution is 5.90. The number of carbonyl (C=O) groups is 1. The van der Waals surface area contributed by atoms with Crippen LogP contribution in [0.3, 0.4) is 0 Å². The minimum absolute atomic E-state index is 0.0310. The first-order valence-electron chi connectivity index (χ1n) is 9.98. The minimum atomic E-state index is -0.0310. The fraction of sp³-hybridized carbons (Fsp3) is 0.429. The third kappa shape index (κ3) is 4.54. The van der Waals surface area contributed by atoms with E-state index in [0.717, 1.165) is 43.1 Å². The molecule has 0 bridgehead atoms. The van der Waals surface area contributed by atoms with Gasteiger partial charge in [-0.3, -0.25) is 4.79 Å². The van der Waals surface area contributed by atoms with Crippen molar-refractivity contribution < 1.29 is 9.21 Å². The smallest absolute Gasteiger partial charge is 0.225 e. The molecular formula is C21H26N6O2. The molecule has 4 heterocycles. The van der Waals surface area contributed by atoms with Crippen LogP contribution in [0, 0.1) is 26.7 Å². The van der Waals surface area contributed by atoms with E-state index in [1.807, 2.05) is 39.0 Å². The lowest BCUT2D eigenvalue weighted by atomic mass is 9.94. The molecule has 0 unspecified atom stereocenters. The van der Waals surface area contributed by atoms with E-state index >= 15 is 0 Å². The summed E-state index contributed by atoms with van der Waals surface area (Å²) < 4.78 is 7.45. The van der Waals surface area contributed by atoms with Crippen molar-refractivity contribution >= 4 is 11.7 Å². The Balaban J connectivity index is 1.64. The summed E-state index contributed by atoms with van der Waals surface area (Å²) in [6.45, 7) is 7.71. The van der Waals surface area contributed by atoms with E-state index in [0.29, 0.717) is 35.6 Å². The number of nitrogens with zero attached hydrogens (tertiary/aromatic N) is 4. The van der Waals surface area contributed by atoms with Crippen molar-refractivity contribution in [3.05, 3.63) is 41.4 Å². The van der Waals surface area contributed by atoms with Gasteiger partial charge in [-0.1, -0.05) is 0 Å². The molecule has 2 N–H and O–H groups in total. The molecule has 0 spiro atoms. The van der Waals surface area contributed by atoms with Gasteiger partial charge in [0.15, 0.2) is 17.4 Å². The average molecular weight is 394 g/mol. The van der Waals surface area contributed by atoms with Crippen LogP contribution in [-0.2, 0) is 4.79 Å². The molecule has 3 aromatic heterocycles. The average Bonchev–Trinajstić information content (AvgIpc) is 3.27. The van der Waals surface area contributed by atoms with Crippen molar-refractivity contribution in [2.75, 3.05) is 18.4 Å². The molecule has 1 aliphatic rings. The maximum absolute atomic E-state index is 12.6. The van der Waals surface area contributed by atoms with Crippen molar-refractivity contribution in [1.29, 1.82) is 0 Å². The highest BCUT2D eigenvalue weighted by Gasteiger charge is 2.19. The van der Waals surface area contributed by atoms with Crippen LogP contribution in [0.1, 0.15) is 36.4 Å². The van der Waals surface area contributed by atoms with Crippen molar-refractivity contribution in [2.24, 2.45) is 5.92 Å². The van der Waals surface area contributed by atoms with Crippen LogP contribution >= 0.6 is 0 Å². The molecule has 1 amide bonds. The van der Waals surface area contributed by atoms with E-state index in [9.17, 15) is 4.79 Å². The zero-order valence-electron chi connectivity index (χ0n) is 17.0. The predicted octanol–water partition coefficient (Wildman–Crippen LogP) is 3.18. The largest absolute Gasteiger partial charge is 0.458 e. The number of anilines is 1. The second-order valence-electron chi connectivity index (χ2n) is 7.63. The summed E-state index contributed by atoms with van der Waals surface area (Å²) in [5, 5.41) is 10.8. The first-order valence-corrected chi connectivity index (χ1v) is 9.98. The predicted molar refractivity (Wildman–Crippen MR) is 110 cm³/mol. The summed E-state index contributed by atoms with van der Waals surface area (Å²) in [6, 6.07) is 7.42. The van der Waals surface area contributed by atoms with Crippen LogP contribution in [0.2, 0.25) is 0 Å². The molecular weight excluding hydrogens is 368 g/mol. The van der Waals surface area contributed by atoms with Gasteiger partial charge >= 0.3 is 0 Å². The SMILES string of the molecule is Cc1cc(C)n(-c2cc(NC(=O)CC3CCNCC3)nc(-c3ccc(C)o3)n2)n1. The maximum Gasteiger partial charge on any atom is 0.225 e. The van der Waals surface area contributed by atoms with Gasteiger partial charge in [0.05, 0.1) is 5.69 Å². The van der Waals surface area contributed by atoms with Gasteiger partial charge in [0, 0.05) is 18.2 Å². The number of carbonyl (C=O) groups excluding carboxylic acids is 1. The summed E-state index contributed by atoms with van der Waals surface area (Å²) in [6.07, 6.45) is 2.53. The van der Waals surface area contributed by atoms with Crippen LogP contribution in [-0.4, -0.2) is 38.7 Å². The summed E-state index contributed by atoms with van der Waals surface area (Å²) in [5.41, 5.74) is 1.85. The van der Waals surface area contributed by atoms with Crippen LogP contribution in [0.25, 0.3) is 17.4 Å². The number of aromatic nitrogens is 4. The number of piperidine rings is 1. The number of hydrogen-bond acceptors (Lipinski definition) is 6. The van der Waals surface area contributed by atoms with E-state index < -0.39 is 0 Å². The van der Waals surface area contributed by atoms with Crippen molar-refractivity contribution in [1.82, 2.24) is 25.1 Å². The summed E-state index contributed by atoms with van der Waals surface area (Å²) in [4.78, 5) is 21.8. The number of aryl methyl sites for hydroxylation is 3. The Labute approximate surface area is 169 Å². The Morgan fingerprint density at radius 2 is 2.00 bits per heavy atom. The molecule has 1 aliphatic heterocycles. The summed E-state index contributed by atoms with van der Waals surface area (Å²) >= 11 is 0. The molecule has 8 nitrogen and oxygen atoms in total. The first-order chi connectivity index (χ1) is 14.0. The van der Waals surface area contributed by atoms with Gasteiger partial charge in [-0.15, -0.1) is 0 Å². The Morgan fingerprint density at radius 1 is 1.21 bits per heavy atom. The van der Waals surface area contributed by atoms with Crippen LogP contribution < -0.4 is 10.6 Å². The number of rotatable bonds is 5. The second kappa shape index (κ2) is 8.16. The number of amides is 1. The van der Waals surface area contributed by atoms with Crippen LogP contribution in [0.5, 0.6) is 0 Å². The molecule has 0 saturated carbocycles. The van der Waals surface area contributed by atoms with Crippen LogP contribution in [0.15, 0.2) is 28.7 Å². The Kier molecular flexibility index (Phi) is 5.44. The third-order valence-electron chi connectivity index (χ3n) is 5.10. The normalized spacial score (nSPS) is 14.9. The number of hydrogen-bond donors (Lipinski definition) is 2. The van der Waals surface area contributed by atoms with E-state index in [1.54, 1.807) is 10.7 Å². The summed E-state index contributed by atoms with van der Waals surface area (Å²) in [7, 11) is 0. The fourth-order valence-corrected chi connectivity index (χ4v) is 3.67. The van der Waals surface area contributed by atoms with Gasteiger partial charge < -0.3 is 15.1 Å². The molecule has 8 heteroatoms. The molecule has 152 valence electrons. The van der Waals surface area contributed by atoms with E-state index in [4.69, 9.17) is 4.42 Å². The van der Waals surface area contributed by atoms with E-state index in [1.165, 1.54) is 0 Å². The van der Waals surface area contributed by atoms with Gasteiger partial charge in [0.1, 0.15) is 11.6 Å². The summed E-state index contributed by atoms with van der Waals surface area (Å²) in [5.74, 6) is 3.16. The molecule has 3 aromatic rings. The zero-order valence-corrected chi connectivity index (χ0v) is 17.0. The maximum atomic E-state index is 12.6. The standard InChI is InChI=1S/C21H26N6O2/c1-13-10-14(2)27(26-13)19-12-18(23-20(28)11-16-6-8-22-9-7-16)24-21(25-19)17-5-4-15(3)29-17/h4-5,10,12,16,22H,6-9,11H2,1-3H3,(H,23,24,25,28). The third-order valence-corrected chi connectivity index (χ3v) is 5.10. The highest BCUT2D eigenvalue weighted by Crippen LogP contribution is 2.23. The van der Waals surface area contributed by atoms with Gasteiger partial charge in [0.25, 0.3) is 0 Å².